The second-order valence-electron chi connectivity index (χ2n) is 8.75. The molecule has 3 heterocycles. The molecule has 0 atom stereocenters. The zero-order valence-electron chi connectivity index (χ0n) is 18.0. The molecule has 0 unspecified atom stereocenters. The molecular weight excluding hydrogens is 458 g/mol. The van der Waals surface area contributed by atoms with E-state index in [1.54, 1.807) is 11.1 Å². The highest BCUT2D eigenvalue weighted by atomic mass is 32.1. The van der Waals surface area contributed by atoms with Gasteiger partial charge in [0.2, 0.25) is 17.0 Å². The van der Waals surface area contributed by atoms with E-state index in [0.29, 0.717) is 24.0 Å². The van der Waals surface area contributed by atoms with E-state index >= 15 is 0 Å². The molecule has 172 valence electrons. The first-order valence-electron chi connectivity index (χ1n) is 10.9. The molecule has 0 spiro atoms. The van der Waals surface area contributed by atoms with Crippen molar-refractivity contribution < 1.29 is 13.6 Å². The number of carbonyl (C=O) groups is 1. The van der Waals surface area contributed by atoms with Crippen LogP contribution in [0, 0.1) is 5.92 Å². The third kappa shape index (κ3) is 3.94. The highest BCUT2D eigenvalue weighted by Crippen LogP contribution is 2.44. The number of hydrogen-bond acceptors (Lipinski definition) is 6. The van der Waals surface area contributed by atoms with E-state index in [1.807, 2.05) is 48.7 Å². The van der Waals surface area contributed by atoms with Crippen molar-refractivity contribution in [3.63, 3.8) is 0 Å². The van der Waals surface area contributed by atoms with Crippen LogP contribution in [0.1, 0.15) is 24.0 Å². The molecule has 0 bridgehead atoms. The molecule has 1 aliphatic carbocycles. The summed E-state index contributed by atoms with van der Waals surface area (Å²) >= 11 is 1.27. The van der Waals surface area contributed by atoms with Gasteiger partial charge in [0.25, 0.3) is 0 Å². The summed E-state index contributed by atoms with van der Waals surface area (Å²) in [5.41, 5.74) is 5.90. The molecule has 0 saturated heterocycles. The van der Waals surface area contributed by atoms with Crippen LogP contribution in [0.5, 0.6) is 0 Å². The van der Waals surface area contributed by atoms with Gasteiger partial charge in [-0.1, -0.05) is 24.3 Å². The smallest absolute Gasteiger partial charge is 0.249 e. The van der Waals surface area contributed by atoms with Gasteiger partial charge in [-0.05, 0) is 34.9 Å². The fourth-order valence-electron chi connectivity index (χ4n) is 4.45. The third-order valence-corrected chi connectivity index (χ3v) is 6.96. The molecule has 6 rings (SSSR count). The predicted molar refractivity (Wildman–Crippen MR) is 125 cm³/mol. The van der Waals surface area contributed by atoms with E-state index in [1.165, 1.54) is 11.5 Å². The van der Waals surface area contributed by atoms with Crippen LogP contribution in [-0.4, -0.2) is 36.3 Å². The number of aromatic nitrogens is 4. The van der Waals surface area contributed by atoms with Crippen molar-refractivity contribution in [3.05, 3.63) is 66.0 Å². The molecule has 0 radical (unpaired) electrons. The molecular formula is C24H20F2N6OS. The van der Waals surface area contributed by atoms with Crippen molar-refractivity contribution in [2.75, 3.05) is 5.32 Å². The maximum atomic E-state index is 13.2. The van der Waals surface area contributed by atoms with Crippen LogP contribution < -0.4 is 5.32 Å². The van der Waals surface area contributed by atoms with Gasteiger partial charge in [-0.25, -0.2) is 8.78 Å². The summed E-state index contributed by atoms with van der Waals surface area (Å²) in [5, 5.41) is 10.7. The Morgan fingerprint density at radius 3 is 2.56 bits per heavy atom. The van der Waals surface area contributed by atoms with E-state index < -0.39 is 11.8 Å². The predicted octanol–water partition coefficient (Wildman–Crippen LogP) is 5.23. The maximum Gasteiger partial charge on any atom is 0.249 e. The quantitative estimate of drug-likeness (QED) is 0.410. The first-order chi connectivity index (χ1) is 16.4. The van der Waals surface area contributed by atoms with Crippen molar-refractivity contribution in [1.82, 2.24) is 24.5 Å². The average molecular weight is 479 g/mol. The summed E-state index contributed by atoms with van der Waals surface area (Å²) in [4.78, 5) is 18.8. The Morgan fingerprint density at radius 1 is 1.06 bits per heavy atom. The molecule has 1 saturated carbocycles. The van der Waals surface area contributed by atoms with Crippen molar-refractivity contribution in [2.24, 2.45) is 5.92 Å². The monoisotopic (exact) mass is 478 g/mol. The second-order valence-corrected chi connectivity index (χ2v) is 9.50. The number of hydrogen-bond donors (Lipinski definition) is 2. The van der Waals surface area contributed by atoms with E-state index in [9.17, 15) is 13.6 Å². The highest BCUT2D eigenvalue weighted by molar-refractivity contribution is 7.09. The number of aromatic amines is 1. The summed E-state index contributed by atoms with van der Waals surface area (Å²) < 4.78 is 30.8. The van der Waals surface area contributed by atoms with Crippen LogP contribution in [0.15, 0.2) is 54.9 Å². The van der Waals surface area contributed by atoms with Crippen molar-refractivity contribution in [3.8, 4) is 22.5 Å². The number of benzene rings is 2. The Bertz CT molecular complexity index is 1340. The Hall–Kier alpha value is -3.66. The van der Waals surface area contributed by atoms with Crippen LogP contribution >= 0.6 is 11.5 Å². The van der Waals surface area contributed by atoms with Crippen LogP contribution in [0.3, 0.4) is 0 Å². The van der Waals surface area contributed by atoms with Crippen LogP contribution in [0.4, 0.5) is 19.6 Å². The number of amides is 1. The SMILES string of the molecule is O=C(C1CC(F)(F)C1)N1Cc2ccc(-c3nsc(Nc4ccc(-c5cn[nH]c5)cc4)n3)cc2C1. The number of rotatable bonds is 5. The van der Waals surface area contributed by atoms with E-state index in [0.717, 1.165) is 33.5 Å². The van der Waals surface area contributed by atoms with Gasteiger partial charge >= 0.3 is 0 Å². The zero-order chi connectivity index (χ0) is 23.3. The van der Waals surface area contributed by atoms with E-state index in [-0.39, 0.29) is 18.7 Å². The molecule has 1 fully saturated rings. The van der Waals surface area contributed by atoms with Gasteiger partial charge in [-0.15, -0.1) is 0 Å². The largest absolute Gasteiger partial charge is 0.334 e. The number of nitrogens with zero attached hydrogens (tertiary/aromatic N) is 4. The van der Waals surface area contributed by atoms with Gasteiger partial charge < -0.3 is 10.2 Å². The zero-order valence-corrected chi connectivity index (χ0v) is 18.8. The lowest BCUT2D eigenvalue weighted by atomic mass is 9.80. The number of halogens is 2. The van der Waals surface area contributed by atoms with Gasteiger partial charge in [0, 0.05) is 66.4 Å². The Labute approximate surface area is 198 Å². The Kier molecular flexibility index (Phi) is 4.91. The summed E-state index contributed by atoms with van der Waals surface area (Å²) in [6.07, 6.45) is 2.94. The van der Waals surface area contributed by atoms with Crippen LogP contribution in [0.25, 0.3) is 22.5 Å². The molecule has 2 aromatic carbocycles. The fourth-order valence-corrected chi connectivity index (χ4v) is 5.06. The summed E-state index contributed by atoms with van der Waals surface area (Å²) in [6, 6.07) is 13.9. The number of H-pyrrole nitrogens is 1. The second kappa shape index (κ2) is 7.98. The number of nitrogens with one attached hydrogen (secondary N) is 2. The van der Waals surface area contributed by atoms with Crippen molar-refractivity contribution >= 4 is 28.3 Å². The Morgan fingerprint density at radius 2 is 1.82 bits per heavy atom. The highest BCUT2D eigenvalue weighted by Gasteiger charge is 2.50. The fraction of sp³-hybridized carbons (Fsp3) is 0.250. The number of carbonyl (C=O) groups excluding carboxylic acids is 1. The summed E-state index contributed by atoms with van der Waals surface area (Å²) in [6.45, 7) is 0.894. The van der Waals surface area contributed by atoms with E-state index in [2.05, 4.69) is 24.9 Å². The van der Waals surface area contributed by atoms with Crippen molar-refractivity contribution in [1.29, 1.82) is 0 Å². The number of fused-ring (bicyclic) bond motifs is 1. The average Bonchev–Trinajstić information content (AvgIpc) is 3.57. The lowest BCUT2D eigenvalue weighted by molar-refractivity contribution is -0.160. The third-order valence-electron chi connectivity index (χ3n) is 6.33. The lowest BCUT2D eigenvalue weighted by Gasteiger charge is -2.36. The summed E-state index contributed by atoms with van der Waals surface area (Å²) in [7, 11) is 0. The minimum Gasteiger partial charge on any atom is -0.334 e. The molecule has 2 aromatic heterocycles. The lowest BCUT2D eigenvalue weighted by Crippen LogP contribution is -2.45. The normalized spacial score (nSPS) is 16.8. The summed E-state index contributed by atoms with van der Waals surface area (Å²) in [5.74, 6) is -2.83. The van der Waals surface area contributed by atoms with Gasteiger partial charge in [0.15, 0.2) is 5.82 Å². The minimum atomic E-state index is -2.69. The maximum absolute atomic E-state index is 13.2. The first kappa shape index (κ1) is 20.9. The molecule has 4 aromatic rings. The van der Waals surface area contributed by atoms with Crippen LogP contribution in [0.2, 0.25) is 0 Å². The standard InChI is InChI=1S/C24H20F2N6OS/c25-24(26)8-18(9-24)22(33)32-12-16-2-1-15(7-17(16)13-32)21-30-23(34-31-21)29-20-5-3-14(4-6-20)19-10-27-28-11-19/h1-7,10-11,18H,8-9,12-13H2,(H,27,28)(H,29,30,31). The van der Waals surface area contributed by atoms with Gasteiger partial charge in [-0.3, -0.25) is 9.89 Å². The Balaban J connectivity index is 1.12. The molecule has 1 amide bonds. The molecule has 1 aliphatic heterocycles. The van der Waals surface area contributed by atoms with Gasteiger partial charge in [0.1, 0.15) is 0 Å². The molecule has 7 nitrogen and oxygen atoms in total. The minimum absolute atomic E-state index is 0.180. The number of anilines is 2. The molecule has 10 heteroatoms. The van der Waals surface area contributed by atoms with Gasteiger partial charge in [0.05, 0.1) is 6.20 Å². The topological polar surface area (TPSA) is 86.8 Å². The van der Waals surface area contributed by atoms with E-state index in [4.69, 9.17) is 0 Å². The first-order valence-corrected chi connectivity index (χ1v) is 11.7. The van der Waals surface area contributed by atoms with Gasteiger partial charge in [-0.2, -0.15) is 14.5 Å². The number of alkyl halides is 2. The molecule has 34 heavy (non-hydrogen) atoms. The molecule has 2 N–H and O–H groups in total. The molecule has 2 aliphatic rings. The van der Waals surface area contributed by atoms with Crippen LogP contribution in [-0.2, 0) is 17.9 Å². The van der Waals surface area contributed by atoms with Crippen molar-refractivity contribution in [2.45, 2.75) is 31.9 Å².